The quantitative estimate of drug-likeness (QED) is 0.627. The minimum absolute atomic E-state index is 0.0649. The van der Waals surface area contributed by atoms with Crippen molar-refractivity contribution in [3.8, 4) is 0 Å². The molecule has 0 saturated heterocycles. The summed E-state index contributed by atoms with van der Waals surface area (Å²) in [5, 5.41) is 3.20. The van der Waals surface area contributed by atoms with Gasteiger partial charge >= 0.3 is 0 Å². The highest BCUT2D eigenvalue weighted by Gasteiger charge is 2.19. The number of carbonyl (C=O) groups excluding carboxylic acids is 1. The topological polar surface area (TPSA) is 29.1 Å². The average Bonchev–Trinajstić information content (AvgIpc) is 2.67. The number of benzene rings is 3. The highest BCUT2D eigenvalue weighted by atomic mass is 16.1. The maximum atomic E-state index is 12.9. The SMILES string of the molecule is Cc1ccc([C@H](NC(=O)c2ccc(C(C)(C)C)cc2)c2ccccc2)cc1. The van der Waals surface area contributed by atoms with Crippen LogP contribution in [-0.2, 0) is 5.41 Å². The van der Waals surface area contributed by atoms with Crippen molar-refractivity contribution in [1.82, 2.24) is 5.32 Å². The van der Waals surface area contributed by atoms with Crippen LogP contribution in [0.4, 0.5) is 0 Å². The zero-order chi connectivity index (χ0) is 19.4. The Hall–Kier alpha value is -2.87. The molecule has 0 heterocycles. The number of rotatable bonds is 4. The van der Waals surface area contributed by atoms with Gasteiger partial charge in [-0.1, -0.05) is 93.1 Å². The van der Waals surface area contributed by atoms with Gasteiger partial charge < -0.3 is 5.32 Å². The molecule has 0 aliphatic heterocycles. The van der Waals surface area contributed by atoms with Gasteiger partial charge in [0.2, 0.25) is 0 Å². The summed E-state index contributed by atoms with van der Waals surface area (Å²) in [6, 6.07) is 26.1. The van der Waals surface area contributed by atoms with Gasteiger partial charge in [0.15, 0.2) is 0 Å². The third-order valence-corrected chi connectivity index (χ3v) is 4.83. The summed E-state index contributed by atoms with van der Waals surface area (Å²) < 4.78 is 0. The highest BCUT2D eigenvalue weighted by Crippen LogP contribution is 2.25. The van der Waals surface area contributed by atoms with Crippen molar-refractivity contribution in [2.75, 3.05) is 0 Å². The van der Waals surface area contributed by atoms with Crippen LogP contribution in [0.3, 0.4) is 0 Å². The maximum Gasteiger partial charge on any atom is 0.252 e. The van der Waals surface area contributed by atoms with Crippen LogP contribution in [0.1, 0.15) is 59.4 Å². The third kappa shape index (κ3) is 4.65. The molecular weight excluding hydrogens is 330 g/mol. The van der Waals surface area contributed by atoms with Crippen molar-refractivity contribution in [3.63, 3.8) is 0 Å². The Morgan fingerprint density at radius 2 is 1.33 bits per heavy atom. The van der Waals surface area contributed by atoms with E-state index in [1.54, 1.807) is 0 Å². The number of hydrogen-bond donors (Lipinski definition) is 1. The Labute approximate surface area is 162 Å². The van der Waals surface area contributed by atoms with Crippen molar-refractivity contribution in [2.24, 2.45) is 0 Å². The largest absolute Gasteiger partial charge is 0.341 e. The Balaban J connectivity index is 1.88. The van der Waals surface area contributed by atoms with E-state index >= 15 is 0 Å². The molecule has 0 spiro atoms. The highest BCUT2D eigenvalue weighted by molar-refractivity contribution is 5.94. The fraction of sp³-hybridized carbons (Fsp3) is 0.240. The summed E-state index contributed by atoms with van der Waals surface area (Å²) in [5.41, 5.74) is 5.32. The van der Waals surface area contributed by atoms with Crippen LogP contribution < -0.4 is 5.32 Å². The van der Waals surface area contributed by atoms with Gasteiger partial charge in [0.05, 0.1) is 6.04 Å². The van der Waals surface area contributed by atoms with Gasteiger partial charge in [-0.3, -0.25) is 4.79 Å². The fourth-order valence-electron chi connectivity index (χ4n) is 3.10. The van der Waals surface area contributed by atoms with Crippen LogP contribution in [0.5, 0.6) is 0 Å². The summed E-state index contributed by atoms with van der Waals surface area (Å²) in [7, 11) is 0. The van der Waals surface area contributed by atoms with Crippen LogP contribution in [0.15, 0.2) is 78.9 Å². The summed E-state index contributed by atoms with van der Waals surface area (Å²) >= 11 is 0. The molecule has 0 aliphatic carbocycles. The third-order valence-electron chi connectivity index (χ3n) is 4.83. The second-order valence-corrected chi connectivity index (χ2v) is 8.06. The van der Waals surface area contributed by atoms with Crippen molar-refractivity contribution in [3.05, 3.63) is 107 Å². The van der Waals surface area contributed by atoms with Crippen molar-refractivity contribution >= 4 is 5.91 Å². The van der Waals surface area contributed by atoms with E-state index < -0.39 is 0 Å². The molecule has 0 aliphatic rings. The van der Waals surface area contributed by atoms with E-state index in [0.717, 1.165) is 11.1 Å². The minimum Gasteiger partial charge on any atom is -0.341 e. The molecule has 0 aromatic heterocycles. The molecule has 3 aromatic rings. The summed E-state index contributed by atoms with van der Waals surface area (Å²) in [6.45, 7) is 8.58. The van der Waals surface area contributed by atoms with E-state index in [1.807, 2.05) is 54.6 Å². The number of hydrogen-bond acceptors (Lipinski definition) is 1. The summed E-state index contributed by atoms with van der Waals surface area (Å²) in [6.07, 6.45) is 0. The first-order chi connectivity index (χ1) is 12.8. The van der Waals surface area contributed by atoms with Crippen LogP contribution >= 0.6 is 0 Å². The molecule has 0 radical (unpaired) electrons. The van der Waals surface area contributed by atoms with E-state index in [0.29, 0.717) is 5.56 Å². The van der Waals surface area contributed by atoms with Gasteiger partial charge in [-0.25, -0.2) is 0 Å². The van der Waals surface area contributed by atoms with E-state index in [4.69, 9.17) is 0 Å². The van der Waals surface area contributed by atoms with Crippen LogP contribution in [0.2, 0.25) is 0 Å². The van der Waals surface area contributed by atoms with Gasteiger partial charge in [-0.15, -0.1) is 0 Å². The lowest BCUT2D eigenvalue weighted by molar-refractivity contribution is 0.0943. The second kappa shape index (κ2) is 7.79. The lowest BCUT2D eigenvalue weighted by Crippen LogP contribution is -2.29. The van der Waals surface area contributed by atoms with E-state index in [-0.39, 0.29) is 17.4 Å². The molecule has 1 amide bonds. The van der Waals surface area contributed by atoms with Gasteiger partial charge in [-0.2, -0.15) is 0 Å². The molecule has 1 N–H and O–H groups in total. The molecule has 0 saturated carbocycles. The maximum absolute atomic E-state index is 12.9. The molecular formula is C25H27NO. The summed E-state index contributed by atoms with van der Waals surface area (Å²) in [5.74, 6) is -0.0649. The van der Waals surface area contributed by atoms with Crippen molar-refractivity contribution in [1.29, 1.82) is 0 Å². The van der Waals surface area contributed by atoms with E-state index in [2.05, 4.69) is 57.3 Å². The summed E-state index contributed by atoms with van der Waals surface area (Å²) in [4.78, 5) is 12.9. The number of nitrogens with one attached hydrogen (secondary N) is 1. The van der Waals surface area contributed by atoms with Crippen LogP contribution in [-0.4, -0.2) is 5.91 Å². The molecule has 27 heavy (non-hydrogen) atoms. The number of aryl methyl sites for hydroxylation is 1. The Bertz CT molecular complexity index is 888. The molecule has 0 unspecified atom stereocenters. The zero-order valence-corrected chi connectivity index (χ0v) is 16.5. The molecule has 0 fully saturated rings. The molecule has 3 rings (SSSR count). The molecule has 2 heteroatoms. The standard InChI is InChI=1S/C25H27NO/c1-18-10-12-20(13-11-18)23(19-8-6-5-7-9-19)26-24(27)21-14-16-22(17-15-21)25(2,3)4/h5-17,23H,1-4H3,(H,26,27)/t23-/m1/s1. The smallest absolute Gasteiger partial charge is 0.252 e. The van der Waals surface area contributed by atoms with Crippen molar-refractivity contribution in [2.45, 2.75) is 39.2 Å². The molecule has 138 valence electrons. The first-order valence-corrected chi connectivity index (χ1v) is 9.37. The van der Waals surface area contributed by atoms with Gasteiger partial charge in [-0.05, 0) is 41.2 Å². The average molecular weight is 357 g/mol. The number of carbonyl (C=O) groups is 1. The predicted octanol–water partition coefficient (Wildman–Crippen LogP) is 5.81. The predicted molar refractivity (Wildman–Crippen MR) is 112 cm³/mol. The molecule has 2 nitrogen and oxygen atoms in total. The lowest BCUT2D eigenvalue weighted by atomic mass is 9.86. The molecule has 1 atom stereocenters. The number of amides is 1. The minimum atomic E-state index is -0.179. The monoisotopic (exact) mass is 357 g/mol. The van der Waals surface area contributed by atoms with Gasteiger partial charge in [0.1, 0.15) is 0 Å². The Kier molecular flexibility index (Phi) is 5.46. The Morgan fingerprint density at radius 1 is 0.778 bits per heavy atom. The Morgan fingerprint density at radius 3 is 1.89 bits per heavy atom. The second-order valence-electron chi connectivity index (χ2n) is 8.06. The lowest BCUT2D eigenvalue weighted by Gasteiger charge is -2.21. The van der Waals surface area contributed by atoms with Crippen LogP contribution in [0.25, 0.3) is 0 Å². The van der Waals surface area contributed by atoms with E-state index in [9.17, 15) is 4.79 Å². The molecule has 0 bridgehead atoms. The normalized spacial score (nSPS) is 12.4. The zero-order valence-electron chi connectivity index (χ0n) is 16.5. The molecule has 3 aromatic carbocycles. The van der Waals surface area contributed by atoms with Gasteiger partial charge in [0, 0.05) is 5.56 Å². The fourth-order valence-corrected chi connectivity index (χ4v) is 3.10. The van der Waals surface area contributed by atoms with Crippen LogP contribution in [0, 0.1) is 6.92 Å². The first-order valence-electron chi connectivity index (χ1n) is 9.37. The van der Waals surface area contributed by atoms with Gasteiger partial charge in [0.25, 0.3) is 5.91 Å². The van der Waals surface area contributed by atoms with Crippen molar-refractivity contribution < 1.29 is 4.79 Å². The van der Waals surface area contributed by atoms with E-state index in [1.165, 1.54) is 11.1 Å². The first kappa shape index (κ1) is 18.9.